The van der Waals surface area contributed by atoms with Gasteiger partial charge in [-0.2, -0.15) is 0 Å². The highest BCUT2D eigenvalue weighted by Gasteiger charge is 2.24. The summed E-state index contributed by atoms with van der Waals surface area (Å²) in [6.07, 6.45) is 0. The predicted molar refractivity (Wildman–Crippen MR) is 73.8 cm³/mol. The molecule has 1 aliphatic heterocycles. The van der Waals surface area contributed by atoms with E-state index in [2.05, 4.69) is 10.3 Å². The first-order valence-corrected chi connectivity index (χ1v) is 6.45. The molecule has 0 aromatic heterocycles. The minimum Gasteiger partial charge on any atom is -0.395 e. The Morgan fingerprint density at radius 1 is 1.47 bits per heavy atom. The van der Waals surface area contributed by atoms with Gasteiger partial charge in [-0.3, -0.25) is 9.79 Å². The van der Waals surface area contributed by atoms with Crippen LogP contribution in [0, 0.1) is 0 Å². The Hall–Kier alpha value is -1.88. The predicted octanol–water partition coefficient (Wildman–Crippen LogP) is 0.398. The van der Waals surface area contributed by atoms with Gasteiger partial charge >= 0.3 is 0 Å². The number of carbonyl (C=O) groups excluding carboxylic acids is 1. The fourth-order valence-corrected chi connectivity index (χ4v) is 2.01. The number of nitrogens with one attached hydrogen (secondary N) is 1. The second kappa shape index (κ2) is 6.33. The maximum absolute atomic E-state index is 12.3. The Labute approximate surface area is 113 Å². The Balaban J connectivity index is 2.05. The topological polar surface area (TPSA) is 64.9 Å². The molecule has 1 amide bonds. The number of amides is 1. The van der Waals surface area contributed by atoms with Crippen LogP contribution >= 0.6 is 0 Å². The minimum absolute atomic E-state index is 0.0542. The lowest BCUT2D eigenvalue weighted by molar-refractivity contribution is -0.125. The van der Waals surface area contributed by atoms with Crippen molar-refractivity contribution in [2.45, 2.75) is 19.5 Å². The van der Waals surface area contributed by atoms with Crippen LogP contribution in [0.1, 0.15) is 12.5 Å². The van der Waals surface area contributed by atoms with Crippen molar-refractivity contribution < 1.29 is 9.90 Å². The lowest BCUT2D eigenvalue weighted by Gasteiger charge is -2.22. The summed E-state index contributed by atoms with van der Waals surface area (Å²) in [5, 5.41) is 12.2. The number of aliphatic imine (C=N–C) groups is 1. The molecule has 0 spiro atoms. The summed E-state index contributed by atoms with van der Waals surface area (Å²) < 4.78 is 0. The van der Waals surface area contributed by atoms with E-state index in [-0.39, 0.29) is 18.6 Å². The molecule has 0 saturated carbocycles. The molecule has 0 bridgehead atoms. The standard InChI is InChI=1S/C14H19N3O2/c1-11-9-15-13(16-11)14(19)17(7-8-18)10-12-5-3-2-4-6-12/h2-6,11,18H,7-10H2,1H3,(H,15,16). The largest absolute Gasteiger partial charge is 0.395 e. The quantitative estimate of drug-likeness (QED) is 0.806. The highest BCUT2D eigenvalue weighted by Crippen LogP contribution is 2.06. The Bertz CT molecular complexity index is 459. The van der Waals surface area contributed by atoms with Crippen molar-refractivity contribution in [1.82, 2.24) is 10.2 Å². The molecular weight excluding hydrogens is 242 g/mol. The number of benzene rings is 1. The van der Waals surface area contributed by atoms with Gasteiger partial charge in [0.1, 0.15) is 0 Å². The maximum atomic E-state index is 12.3. The van der Waals surface area contributed by atoms with Gasteiger partial charge in [-0.05, 0) is 12.5 Å². The summed E-state index contributed by atoms with van der Waals surface area (Å²) in [7, 11) is 0. The van der Waals surface area contributed by atoms with Crippen LogP contribution in [0.25, 0.3) is 0 Å². The number of rotatable bonds is 5. The molecule has 0 radical (unpaired) electrons. The molecule has 2 rings (SSSR count). The Kier molecular flexibility index (Phi) is 4.52. The molecular formula is C14H19N3O2. The first-order valence-electron chi connectivity index (χ1n) is 6.45. The van der Waals surface area contributed by atoms with Crippen molar-refractivity contribution in [1.29, 1.82) is 0 Å². The number of amidine groups is 1. The van der Waals surface area contributed by atoms with Crippen LogP contribution in [0.2, 0.25) is 0 Å². The highest BCUT2D eigenvalue weighted by molar-refractivity contribution is 6.38. The molecule has 0 aliphatic carbocycles. The van der Waals surface area contributed by atoms with Gasteiger partial charge in [0.2, 0.25) is 0 Å². The van der Waals surface area contributed by atoms with Gasteiger partial charge in [-0.25, -0.2) is 0 Å². The van der Waals surface area contributed by atoms with Crippen LogP contribution < -0.4 is 5.32 Å². The van der Waals surface area contributed by atoms with Crippen molar-refractivity contribution in [3.63, 3.8) is 0 Å². The van der Waals surface area contributed by atoms with E-state index in [4.69, 9.17) is 5.11 Å². The van der Waals surface area contributed by atoms with Crippen LogP contribution in [0.5, 0.6) is 0 Å². The fourth-order valence-electron chi connectivity index (χ4n) is 2.01. The summed E-state index contributed by atoms with van der Waals surface area (Å²) in [4.78, 5) is 18.1. The van der Waals surface area contributed by atoms with E-state index in [1.165, 1.54) is 0 Å². The van der Waals surface area contributed by atoms with E-state index in [1.54, 1.807) is 4.90 Å². The van der Waals surface area contributed by atoms with E-state index in [0.717, 1.165) is 5.56 Å². The van der Waals surface area contributed by atoms with Crippen molar-refractivity contribution in [2.24, 2.45) is 4.99 Å². The summed E-state index contributed by atoms with van der Waals surface area (Å²) in [5.74, 6) is 0.249. The smallest absolute Gasteiger partial charge is 0.289 e. The second-order valence-electron chi connectivity index (χ2n) is 4.67. The number of aliphatic hydroxyl groups is 1. The zero-order valence-corrected chi connectivity index (χ0v) is 11.0. The van der Waals surface area contributed by atoms with E-state index in [9.17, 15) is 4.79 Å². The van der Waals surface area contributed by atoms with Gasteiger partial charge < -0.3 is 15.3 Å². The second-order valence-corrected chi connectivity index (χ2v) is 4.67. The summed E-state index contributed by atoms with van der Waals surface area (Å²) in [6, 6.07) is 9.93. The minimum atomic E-state index is -0.151. The van der Waals surface area contributed by atoms with Crippen molar-refractivity contribution in [3.8, 4) is 0 Å². The molecule has 19 heavy (non-hydrogen) atoms. The number of nitrogens with zero attached hydrogens (tertiary/aromatic N) is 2. The molecule has 1 aromatic carbocycles. The number of aliphatic hydroxyl groups excluding tert-OH is 1. The van der Waals surface area contributed by atoms with E-state index < -0.39 is 0 Å². The summed E-state index contributed by atoms with van der Waals surface area (Å²) in [6.45, 7) is 3.34. The SMILES string of the molecule is CC1CN=C(C(=O)N(CCO)Cc2ccccc2)N1. The van der Waals surface area contributed by atoms with Crippen molar-refractivity contribution in [3.05, 3.63) is 35.9 Å². The van der Waals surface area contributed by atoms with Gasteiger partial charge in [0.05, 0.1) is 13.2 Å². The zero-order chi connectivity index (χ0) is 13.7. The highest BCUT2D eigenvalue weighted by atomic mass is 16.3. The number of carbonyl (C=O) groups is 1. The number of hydrogen-bond donors (Lipinski definition) is 2. The van der Waals surface area contributed by atoms with Crippen LogP contribution in [-0.4, -0.2) is 47.5 Å². The van der Waals surface area contributed by atoms with Gasteiger partial charge in [-0.1, -0.05) is 30.3 Å². The van der Waals surface area contributed by atoms with Gasteiger partial charge in [0.25, 0.3) is 5.91 Å². The molecule has 1 unspecified atom stereocenters. The van der Waals surface area contributed by atoms with E-state index in [1.807, 2.05) is 37.3 Å². The molecule has 2 N–H and O–H groups in total. The van der Waals surface area contributed by atoms with Gasteiger partial charge in [0.15, 0.2) is 5.84 Å². The molecule has 1 atom stereocenters. The molecule has 102 valence electrons. The molecule has 5 heteroatoms. The normalized spacial score (nSPS) is 17.8. The monoisotopic (exact) mass is 261 g/mol. The van der Waals surface area contributed by atoms with E-state index in [0.29, 0.717) is 25.5 Å². The van der Waals surface area contributed by atoms with Crippen LogP contribution in [-0.2, 0) is 11.3 Å². The lowest BCUT2D eigenvalue weighted by Crippen LogP contribution is -2.43. The number of hydrogen-bond acceptors (Lipinski definition) is 4. The van der Waals surface area contributed by atoms with Crippen LogP contribution in [0.15, 0.2) is 35.3 Å². The summed E-state index contributed by atoms with van der Waals surface area (Å²) >= 11 is 0. The lowest BCUT2D eigenvalue weighted by atomic mass is 10.2. The average Bonchev–Trinajstić information content (AvgIpc) is 2.85. The molecule has 1 heterocycles. The van der Waals surface area contributed by atoms with Crippen LogP contribution in [0.4, 0.5) is 0 Å². The third-order valence-corrected chi connectivity index (χ3v) is 2.98. The molecule has 1 aromatic rings. The van der Waals surface area contributed by atoms with Crippen LogP contribution in [0.3, 0.4) is 0 Å². The first kappa shape index (κ1) is 13.5. The molecule has 0 fully saturated rings. The molecule has 1 aliphatic rings. The third kappa shape index (κ3) is 3.54. The average molecular weight is 261 g/mol. The van der Waals surface area contributed by atoms with Gasteiger partial charge in [0, 0.05) is 19.1 Å². The van der Waals surface area contributed by atoms with E-state index >= 15 is 0 Å². The van der Waals surface area contributed by atoms with Crippen molar-refractivity contribution >= 4 is 11.7 Å². The van der Waals surface area contributed by atoms with Crippen molar-refractivity contribution in [2.75, 3.05) is 19.7 Å². The van der Waals surface area contributed by atoms with Gasteiger partial charge in [-0.15, -0.1) is 0 Å². The zero-order valence-electron chi connectivity index (χ0n) is 11.0. The first-order chi connectivity index (χ1) is 9.20. The Morgan fingerprint density at radius 2 is 2.21 bits per heavy atom. The molecule has 5 nitrogen and oxygen atoms in total. The summed E-state index contributed by atoms with van der Waals surface area (Å²) in [5.41, 5.74) is 1.04. The third-order valence-electron chi connectivity index (χ3n) is 2.98. The molecule has 0 saturated heterocycles. The fraction of sp³-hybridized carbons (Fsp3) is 0.429. The maximum Gasteiger partial charge on any atom is 0.289 e. The Morgan fingerprint density at radius 3 is 2.79 bits per heavy atom.